The van der Waals surface area contributed by atoms with Crippen molar-refractivity contribution in [1.82, 2.24) is 9.88 Å². The molecule has 0 saturated heterocycles. The van der Waals surface area contributed by atoms with Crippen molar-refractivity contribution >= 4 is 21.8 Å². The Morgan fingerprint density at radius 3 is 2.47 bits per heavy atom. The molecule has 1 N–H and O–H groups in total. The molecule has 1 heterocycles. The van der Waals surface area contributed by atoms with Crippen LogP contribution in [0.2, 0.25) is 0 Å². The van der Waals surface area contributed by atoms with Gasteiger partial charge in [-0.25, -0.2) is 0 Å². The summed E-state index contributed by atoms with van der Waals surface area (Å²) in [6.07, 6.45) is 5.12. The highest BCUT2D eigenvalue weighted by molar-refractivity contribution is 9.10. The standard InChI is InChI=1S/C11H13BrN2O/c1-3-5-14(6-4-2)11(15)10-7-9(12)8-13-10/h3-4,7-8,13H,1-2,5-6H2. The van der Waals surface area contributed by atoms with E-state index in [9.17, 15) is 4.79 Å². The maximum atomic E-state index is 11.9. The summed E-state index contributed by atoms with van der Waals surface area (Å²) in [5.41, 5.74) is 0.561. The topological polar surface area (TPSA) is 36.1 Å². The van der Waals surface area contributed by atoms with Crippen LogP contribution < -0.4 is 0 Å². The van der Waals surface area contributed by atoms with Crippen molar-refractivity contribution in [3.05, 3.63) is 47.7 Å². The van der Waals surface area contributed by atoms with Gasteiger partial charge in [0, 0.05) is 23.8 Å². The molecule has 80 valence electrons. The number of hydrogen-bond donors (Lipinski definition) is 1. The molecule has 1 aromatic rings. The molecule has 1 aromatic heterocycles. The normalized spacial score (nSPS) is 9.67. The van der Waals surface area contributed by atoms with Gasteiger partial charge in [0.1, 0.15) is 5.69 Å². The Morgan fingerprint density at radius 1 is 1.47 bits per heavy atom. The molecule has 4 heteroatoms. The number of nitrogens with zero attached hydrogens (tertiary/aromatic N) is 1. The molecule has 0 aliphatic heterocycles. The number of nitrogens with one attached hydrogen (secondary N) is 1. The summed E-state index contributed by atoms with van der Waals surface area (Å²) in [4.78, 5) is 16.5. The van der Waals surface area contributed by atoms with Crippen LogP contribution >= 0.6 is 15.9 Å². The van der Waals surface area contributed by atoms with E-state index in [1.54, 1.807) is 29.3 Å². The van der Waals surface area contributed by atoms with Crippen molar-refractivity contribution in [2.75, 3.05) is 13.1 Å². The van der Waals surface area contributed by atoms with Gasteiger partial charge in [-0.3, -0.25) is 4.79 Å². The van der Waals surface area contributed by atoms with Gasteiger partial charge in [-0.05, 0) is 22.0 Å². The van der Waals surface area contributed by atoms with Crippen LogP contribution in [0.4, 0.5) is 0 Å². The fourth-order valence-electron chi connectivity index (χ4n) is 1.21. The van der Waals surface area contributed by atoms with Crippen LogP contribution in [0, 0.1) is 0 Å². The number of amides is 1. The minimum absolute atomic E-state index is 0.0551. The fourth-order valence-corrected chi connectivity index (χ4v) is 1.56. The van der Waals surface area contributed by atoms with Crippen molar-refractivity contribution in [3.8, 4) is 0 Å². The van der Waals surface area contributed by atoms with Gasteiger partial charge in [-0.1, -0.05) is 12.2 Å². The predicted octanol–water partition coefficient (Wildman–Crippen LogP) is 2.59. The lowest BCUT2D eigenvalue weighted by atomic mass is 10.3. The Morgan fingerprint density at radius 2 is 2.07 bits per heavy atom. The van der Waals surface area contributed by atoms with Gasteiger partial charge >= 0.3 is 0 Å². The van der Waals surface area contributed by atoms with Crippen LogP contribution in [-0.2, 0) is 0 Å². The highest BCUT2D eigenvalue weighted by Crippen LogP contribution is 2.12. The van der Waals surface area contributed by atoms with E-state index in [-0.39, 0.29) is 5.91 Å². The van der Waals surface area contributed by atoms with Crippen molar-refractivity contribution in [1.29, 1.82) is 0 Å². The molecule has 0 radical (unpaired) electrons. The van der Waals surface area contributed by atoms with Crippen LogP contribution in [0.25, 0.3) is 0 Å². The molecular formula is C11H13BrN2O. The predicted molar refractivity (Wildman–Crippen MR) is 64.8 cm³/mol. The summed E-state index contributed by atoms with van der Waals surface area (Å²) in [7, 11) is 0. The smallest absolute Gasteiger partial charge is 0.270 e. The second kappa shape index (κ2) is 5.56. The number of H-pyrrole nitrogens is 1. The van der Waals surface area contributed by atoms with Crippen LogP contribution in [0.3, 0.4) is 0 Å². The lowest BCUT2D eigenvalue weighted by Crippen LogP contribution is -2.31. The second-order valence-electron chi connectivity index (χ2n) is 3.02. The highest BCUT2D eigenvalue weighted by atomic mass is 79.9. The maximum Gasteiger partial charge on any atom is 0.270 e. The first-order chi connectivity index (χ1) is 7.19. The maximum absolute atomic E-state index is 11.9. The van der Waals surface area contributed by atoms with E-state index in [4.69, 9.17) is 0 Å². The van der Waals surface area contributed by atoms with Crippen molar-refractivity contribution < 1.29 is 4.79 Å². The number of carbonyl (C=O) groups excluding carboxylic acids is 1. The van der Waals surface area contributed by atoms with E-state index < -0.39 is 0 Å². The summed E-state index contributed by atoms with van der Waals surface area (Å²) in [5, 5.41) is 0. The van der Waals surface area contributed by atoms with Gasteiger partial charge in [-0.2, -0.15) is 0 Å². The quantitative estimate of drug-likeness (QED) is 0.819. The zero-order valence-corrected chi connectivity index (χ0v) is 9.96. The molecule has 0 aliphatic rings. The molecule has 0 unspecified atom stereocenters. The Hall–Kier alpha value is -1.29. The molecule has 0 aromatic carbocycles. The van der Waals surface area contributed by atoms with Gasteiger partial charge in [0.25, 0.3) is 5.91 Å². The molecule has 0 aliphatic carbocycles. The monoisotopic (exact) mass is 268 g/mol. The lowest BCUT2D eigenvalue weighted by Gasteiger charge is -2.18. The molecule has 15 heavy (non-hydrogen) atoms. The SMILES string of the molecule is C=CCN(CC=C)C(=O)c1cc(Br)c[nH]1. The molecular weight excluding hydrogens is 256 g/mol. The Kier molecular flexibility index (Phi) is 4.37. The molecule has 0 atom stereocenters. The molecule has 0 saturated carbocycles. The number of aromatic amines is 1. The number of aromatic nitrogens is 1. The Bertz CT molecular complexity index is 360. The lowest BCUT2D eigenvalue weighted by molar-refractivity contribution is 0.0786. The molecule has 1 amide bonds. The largest absolute Gasteiger partial charge is 0.356 e. The van der Waals surface area contributed by atoms with Crippen molar-refractivity contribution in [3.63, 3.8) is 0 Å². The molecule has 3 nitrogen and oxygen atoms in total. The van der Waals surface area contributed by atoms with Crippen LogP contribution in [0.5, 0.6) is 0 Å². The summed E-state index contributed by atoms with van der Waals surface area (Å²) in [6, 6.07) is 1.75. The second-order valence-corrected chi connectivity index (χ2v) is 3.93. The third kappa shape index (κ3) is 3.09. The van der Waals surface area contributed by atoms with E-state index in [1.807, 2.05) is 0 Å². The van der Waals surface area contributed by atoms with E-state index >= 15 is 0 Å². The van der Waals surface area contributed by atoms with Crippen molar-refractivity contribution in [2.24, 2.45) is 0 Å². The average molecular weight is 269 g/mol. The van der Waals surface area contributed by atoms with Gasteiger partial charge in [0.15, 0.2) is 0 Å². The van der Waals surface area contributed by atoms with Crippen LogP contribution in [0.15, 0.2) is 42.0 Å². The zero-order valence-electron chi connectivity index (χ0n) is 8.37. The van der Waals surface area contributed by atoms with Crippen LogP contribution in [0.1, 0.15) is 10.5 Å². The number of hydrogen-bond acceptors (Lipinski definition) is 1. The zero-order chi connectivity index (χ0) is 11.3. The Balaban J connectivity index is 2.79. The van der Waals surface area contributed by atoms with Gasteiger partial charge in [-0.15, -0.1) is 13.2 Å². The first-order valence-corrected chi connectivity index (χ1v) is 5.33. The summed E-state index contributed by atoms with van der Waals surface area (Å²) < 4.78 is 0.864. The number of carbonyl (C=O) groups is 1. The van der Waals surface area contributed by atoms with Gasteiger partial charge in [0.05, 0.1) is 0 Å². The molecule has 1 rings (SSSR count). The minimum Gasteiger partial charge on any atom is -0.356 e. The fraction of sp³-hybridized carbons (Fsp3) is 0.182. The van der Waals surface area contributed by atoms with E-state index in [0.717, 1.165) is 4.47 Å². The highest BCUT2D eigenvalue weighted by Gasteiger charge is 2.14. The third-order valence-corrected chi connectivity index (χ3v) is 2.32. The van der Waals surface area contributed by atoms with E-state index in [1.165, 1.54) is 0 Å². The minimum atomic E-state index is -0.0551. The third-order valence-electron chi connectivity index (χ3n) is 1.86. The summed E-state index contributed by atoms with van der Waals surface area (Å²) >= 11 is 3.29. The molecule has 0 bridgehead atoms. The summed E-state index contributed by atoms with van der Waals surface area (Å²) in [6.45, 7) is 8.26. The first kappa shape index (κ1) is 11.8. The molecule has 0 spiro atoms. The van der Waals surface area contributed by atoms with E-state index in [2.05, 4.69) is 34.1 Å². The van der Waals surface area contributed by atoms with Gasteiger partial charge < -0.3 is 9.88 Å². The number of rotatable bonds is 5. The van der Waals surface area contributed by atoms with Gasteiger partial charge in [0.2, 0.25) is 0 Å². The first-order valence-electron chi connectivity index (χ1n) is 4.54. The molecule has 0 fully saturated rings. The Labute approximate surface area is 97.6 Å². The van der Waals surface area contributed by atoms with Crippen LogP contribution in [-0.4, -0.2) is 28.9 Å². The van der Waals surface area contributed by atoms with Crippen molar-refractivity contribution in [2.45, 2.75) is 0 Å². The average Bonchev–Trinajstić information content (AvgIpc) is 2.63. The van der Waals surface area contributed by atoms with E-state index in [0.29, 0.717) is 18.8 Å². The number of halogens is 1. The summed E-state index contributed by atoms with van der Waals surface area (Å²) in [5.74, 6) is -0.0551.